The summed E-state index contributed by atoms with van der Waals surface area (Å²) >= 11 is 1.62. The van der Waals surface area contributed by atoms with Gasteiger partial charge in [-0.05, 0) is 48.1 Å². The molecule has 2 heterocycles. The molecular weight excluding hydrogens is 266 g/mol. The second-order valence-electron chi connectivity index (χ2n) is 5.00. The summed E-state index contributed by atoms with van der Waals surface area (Å²) in [6.07, 6.45) is 2.13. The van der Waals surface area contributed by atoms with Crippen LogP contribution < -0.4 is 0 Å². The number of ketones is 1. The Bertz CT molecular complexity index is 768. The molecule has 0 spiro atoms. The summed E-state index contributed by atoms with van der Waals surface area (Å²) in [5, 5.41) is 2.00. The fourth-order valence-corrected chi connectivity index (χ4v) is 3.17. The number of Topliss-reactive ketones (excluding diaryl/α,β-unsaturated/α-hetero) is 1. The van der Waals surface area contributed by atoms with Gasteiger partial charge in [0, 0.05) is 18.2 Å². The molecule has 2 nitrogen and oxygen atoms in total. The van der Waals surface area contributed by atoms with Crippen LogP contribution in [0.1, 0.15) is 27.0 Å². The summed E-state index contributed by atoms with van der Waals surface area (Å²) < 4.78 is 1.07. The van der Waals surface area contributed by atoms with E-state index in [-0.39, 0.29) is 5.78 Å². The van der Waals surface area contributed by atoms with Crippen LogP contribution in [0, 0.1) is 13.8 Å². The molecule has 0 N–H and O–H groups in total. The third kappa shape index (κ3) is 2.37. The molecule has 0 aliphatic heterocycles. The molecule has 0 amide bonds. The summed E-state index contributed by atoms with van der Waals surface area (Å²) in [5.41, 5.74) is 5.12. The zero-order valence-corrected chi connectivity index (χ0v) is 12.3. The number of hydrogen-bond donors (Lipinski definition) is 0. The Morgan fingerprint density at radius 1 is 1.20 bits per heavy atom. The van der Waals surface area contributed by atoms with Crippen molar-refractivity contribution in [2.24, 2.45) is 0 Å². The Kier molecular flexibility index (Phi) is 3.36. The standard InChI is InChI=1S/C17H15NOS/c1-11-4-3-5-12(2)14(11)9-16(19)13-8-17-15(18-10-13)6-7-20-17/h3-8,10H,9H2,1-2H3. The number of hydrogen-bond acceptors (Lipinski definition) is 3. The average molecular weight is 281 g/mol. The maximum atomic E-state index is 12.4. The molecule has 0 saturated carbocycles. The van der Waals surface area contributed by atoms with Crippen molar-refractivity contribution in [2.75, 3.05) is 0 Å². The van der Waals surface area contributed by atoms with E-state index in [1.54, 1.807) is 17.5 Å². The minimum absolute atomic E-state index is 0.130. The van der Waals surface area contributed by atoms with Gasteiger partial charge in [0.05, 0.1) is 10.2 Å². The summed E-state index contributed by atoms with van der Waals surface area (Å²) in [5.74, 6) is 0.130. The average Bonchev–Trinajstić information content (AvgIpc) is 2.90. The lowest BCUT2D eigenvalue weighted by Gasteiger charge is -2.08. The maximum Gasteiger partial charge on any atom is 0.168 e. The molecule has 3 rings (SSSR count). The van der Waals surface area contributed by atoms with E-state index in [4.69, 9.17) is 0 Å². The van der Waals surface area contributed by atoms with Crippen molar-refractivity contribution in [1.82, 2.24) is 4.98 Å². The van der Waals surface area contributed by atoms with Gasteiger partial charge in [0.25, 0.3) is 0 Å². The van der Waals surface area contributed by atoms with E-state index in [0.717, 1.165) is 15.8 Å². The second kappa shape index (κ2) is 5.17. The third-order valence-electron chi connectivity index (χ3n) is 3.61. The molecule has 2 aromatic heterocycles. The van der Waals surface area contributed by atoms with E-state index < -0.39 is 0 Å². The Balaban J connectivity index is 1.92. The minimum Gasteiger partial charge on any atom is -0.294 e. The number of fused-ring (bicyclic) bond motifs is 1. The molecule has 0 aliphatic carbocycles. The highest BCUT2D eigenvalue weighted by atomic mass is 32.1. The largest absolute Gasteiger partial charge is 0.294 e. The number of aryl methyl sites for hydroxylation is 2. The van der Waals surface area contributed by atoms with E-state index in [1.165, 1.54) is 11.1 Å². The third-order valence-corrected chi connectivity index (χ3v) is 4.46. The zero-order chi connectivity index (χ0) is 14.1. The molecule has 1 aromatic carbocycles. The van der Waals surface area contributed by atoms with Crippen molar-refractivity contribution in [3.63, 3.8) is 0 Å². The number of thiophene rings is 1. The van der Waals surface area contributed by atoms with Crippen molar-refractivity contribution in [1.29, 1.82) is 0 Å². The smallest absolute Gasteiger partial charge is 0.168 e. The van der Waals surface area contributed by atoms with Gasteiger partial charge < -0.3 is 0 Å². The summed E-state index contributed by atoms with van der Waals surface area (Å²) in [6.45, 7) is 4.10. The summed E-state index contributed by atoms with van der Waals surface area (Å²) in [7, 11) is 0. The van der Waals surface area contributed by atoms with Crippen molar-refractivity contribution < 1.29 is 4.79 Å². The topological polar surface area (TPSA) is 30.0 Å². The molecule has 20 heavy (non-hydrogen) atoms. The van der Waals surface area contributed by atoms with Gasteiger partial charge in [-0.25, -0.2) is 0 Å². The summed E-state index contributed by atoms with van der Waals surface area (Å²) in [4.78, 5) is 16.8. The Hall–Kier alpha value is -2.00. The molecule has 100 valence electrons. The van der Waals surface area contributed by atoms with Gasteiger partial charge in [-0.2, -0.15) is 0 Å². The fraction of sp³-hybridized carbons (Fsp3) is 0.176. The SMILES string of the molecule is Cc1cccc(C)c1CC(=O)c1cnc2ccsc2c1. The van der Waals surface area contributed by atoms with Crippen LogP contribution in [0.5, 0.6) is 0 Å². The molecule has 0 atom stereocenters. The first-order valence-corrected chi connectivity index (χ1v) is 7.44. The van der Waals surface area contributed by atoms with E-state index >= 15 is 0 Å². The van der Waals surface area contributed by atoms with Crippen molar-refractivity contribution in [3.8, 4) is 0 Å². The highest BCUT2D eigenvalue weighted by Gasteiger charge is 2.12. The van der Waals surface area contributed by atoms with E-state index in [2.05, 4.69) is 31.0 Å². The maximum absolute atomic E-state index is 12.4. The van der Waals surface area contributed by atoms with Gasteiger partial charge in [-0.1, -0.05) is 18.2 Å². The predicted octanol–water partition coefficient (Wildman–Crippen LogP) is 4.34. The highest BCUT2D eigenvalue weighted by Crippen LogP contribution is 2.21. The van der Waals surface area contributed by atoms with Gasteiger partial charge in [0.2, 0.25) is 0 Å². The number of benzene rings is 1. The second-order valence-corrected chi connectivity index (χ2v) is 5.95. The Morgan fingerprint density at radius 2 is 1.95 bits per heavy atom. The normalized spacial score (nSPS) is 10.9. The lowest BCUT2D eigenvalue weighted by molar-refractivity contribution is 0.0992. The number of pyridine rings is 1. The zero-order valence-electron chi connectivity index (χ0n) is 11.5. The lowest BCUT2D eigenvalue weighted by Crippen LogP contribution is -2.06. The molecule has 0 radical (unpaired) electrons. The van der Waals surface area contributed by atoms with Crippen molar-refractivity contribution >= 4 is 27.3 Å². The summed E-state index contributed by atoms with van der Waals surface area (Å²) in [6, 6.07) is 10.0. The quantitative estimate of drug-likeness (QED) is 0.668. The fourth-order valence-electron chi connectivity index (χ4n) is 2.39. The number of carbonyl (C=O) groups excluding carboxylic acids is 1. The van der Waals surface area contributed by atoms with Crippen LogP contribution in [0.25, 0.3) is 10.2 Å². The van der Waals surface area contributed by atoms with Crippen LogP contribution in [0.3, 0.4) is 0 Å². The van der Waals surface area contributed by atoms with Crippen molar-refractivity contribution in [3.05, 3.63) is 64.2 Å². The van der Waals surface area contributed by atoms with Gasteiger partial charge in [-0.15, -0.1) is 11.3 Å². The van der Waals surface area contributed by atoms with Crippen LogP contribution in [0.15, 0.2) is 41.9 Å². The molecule has 0 fully saturated rings. The van der Waals surface area contributed by atoms with Gasteiger partial charge in [-0.3, -0.25) is 9.78 Å². The molecule has 0 unspecified atom stereocenters. The van der Waals surface area contributed by atoms with Crippen LogP contribution in [-0.2, 0) is 6.42 Å². The molecule has 3 aromatic rings. The predicted molar refractivity (Wildman–Crippen MR) is 83.6 cm³/mol. The molecule has 0 bridgehead atoms. The van der Waals surface area contributed by atoms with Crippen LogP contribution >= 0.6 is 11.3 Å². The van der Waals surface area contributed by atoms with Gasteiger partial charge in [0.15, 0.2) is 5.78 Å². The first-order chi connectivity index (χ1) is 9.65. The van der Waals surface area contributed by atoms with E-state index in [0.29, 0.717) is 12.0 Å². The Morgan fingerprint density at radius 3 is 2.70 bits per heavy atom. The van der Waals surface area contributed by atoms with Crippen LogP contribution in [-0.4, -0.2) is 10.8 Å². The van der Waals surface area contributed by atoms with Crippen molar-refractivity contribution in [2.45, 2.75) is 20.3 Å². The first-order valence-electron chi connectivity index (χ1n) is 6.56. The van der Waals surface area contributed by atoms with Crippen LogP contribution in [0.4, 0.5) is 0 Å². The van der Waals surface area contributed by atoms with Gasteiger partial charge in [0.1, 0.15) is 0 Å². The van der Waals surface area contributed by atoms with Crippen LogP contribution in [0.2, 0.25) is 0 Å². The molecular formula is C17H15NOS. The highest BCUT2D eigenvalue weighted by molar-refractivity contribution is 7.17. The Labute approximate surface area is 122 Å². The number of aromatic nitrogens is 1. The van der Waals surface area contributed by atoms with E-state index in [1.807, 2.05) is 23.6 Å². The first kappa shape index (κ1) is 13.0. The number of rotatable bonds is 3. The minimum atomic E-state index is 0.130. The van der Waals surface area contributed by atoms with E-state index in [9.17, 15) is 4.79 Å². The number of nitrogens with zero attached hydrogens (tertiary/aromatic N) is 1. The number of carbonyl (C=O) groups is 1. The molecule has 3 heteroatoms. The molecule has 0 saturated heterocycles. The molecule has 0 aliphatic rings. The lowest BCUT2D eigenvalue weighted by atomic mass is 9.96. The van der Waals surface area contributed by atoms with Gasteiger partial charge >= 0.3 is 0 Å². The monoisotopic (exact) mass is 281 g/mol.